The van der Waals surface area contributed by atoms with Crippen molar-refractivity contribution < 1.29 is 14.7 Å². The fraction of sp³-hybridized carbons (Fsp3) is 0.611. The van der Waals surface area contributed by atoms with Crippen molar-refractivity contribution in [2.24, 2.45) is 0 Å². The average molecular weight is 425 g/mol. The first-order valence-corrected chi connectivity index (χ1v) is 9.58. The lowest BCUT2D eigenvalue weighted by Crippen LogP contribution is -2.61. The zero-order valence-electron chi connectivity index (χ0n) is 15.6. The average Bonchev–Trinajstić information content (AvgIpc) is 2.90. The van der Waals surface area contributed by atoms with E-state index in [0.29, 0.717) is 42.5 Å². The summed E-state index contributed by atoms with van der Waals surface area (Å²) in [5, 5.41) is 12.6. The normalized spacial score (nSPS) is 19.1. The van der Waals surface area contributed by atoms with Crippen LogP contribution in [0.15, 0.2) is 10.7 Å². The van der Waals surface area contributed by atoms with Crippen molar-refractivity contribution in [2.45, 2.75) is 58.2 Å². The lowest BCUT2D eigenvalue weighted by atomic mass is 9.84. The second-order valence-electron chi connectivity index (χ2n) is 8.24. The molecule has 0 atom stereocenters. The first kappa shape index (κ1) is 18.9. The van der Waals surface area contributed by atoms with Gasteiger partial charge in [0.15, 0.2) is 0 Å². The van der Waals surface area contributed by atoms with Crippen molar-refractivity contribution in [1.82, 2.24) is 15.2 Å². The van der Waals surface area contributed by atoms with Crippen LogP contribution in [0.2, 0.25) is 0 Å². The number of pyridine rings is 1. The fourth-order valence-electron chi connectivity index (χ4n) is 4.21. The first-order chi connectivity index (χ1) is 12.0. The molecule has 3 rings (SSSR count). The van der Waals surface area contributed by atoms with Gasteiger partial charge in [-0.05, 0) is 56.5 Å². The molecule has 8 heteroatoms. The predicted octanol–water partition coefficient (Wildman–Crippen LogP) is 3.22. The Balaban J connectivity index is 1.84. The number of anilines is 1. The molecule has 3 heterocycles. The van der Waals surface area contributed by atoms with Crippen molar-refractivity contribution in [2.75, 3.05) is 18.0 Å². The Morgan fingerprint density at radius 2 is 2.00 bits per heavy atom. The van der Waals surface area contributed by atoms with Crippen molar-refractivity contribution in [3.63, 3.8) is 0 Å². The highest BCUT2D eigenvalue weighted by atomic mass is 79.9. The van der Waals surface area contributed by atoms with Crippen LogP contribution in [0.5, 0.6) is 0 Å². The molecule has 0 aliphatic carbocycles. The van der Waals surface area contributed by atoms with Crippen molar-refractivity contribution in [1.29, 1.82) is 0 Å². The van der Waals surface area contributed by atoms with E-state index in [4.69, 9.17) is 0 Å². The molecule has 1 aromatic heterocycles. The van der Waals surface area contributed by atoms with E-state index in [9.17, 15) is 14.7 Å². The number of carbonyl (C=O) groups excluding carboxylic acids is 1. The van der Waals surface area contributed by atoms with E-state index in [1.54, 1.807) is 11.1 Å². The number of carbonyl (C=O) groups is 2. The molecule has 0 saturated carbocycles. The SMILES string of the molecule is CC(C)(C)N(C(=O)O)C1(C)CCN(c2ncc(Br)c3c2CNC3=O)CC1. The van der Waals surface area contributed by atoms with Crippen LogP contribution in [0.3, 0.4) is 0 Å². The van der Waals surface area contributed by atoms with Crippen LogP contribution >= 0.6 is 15.9 Å². The zero-order valence-corrected chi connectivity index (χ0v) is 17.2. The summed E-state index contributed by atoms with van der Waals surface area (Å²) < 4.78 is 0.706. The van der Waals surface area contributed by atoms with Gasteiger partial charge in [-0.1, -0.05) is 0 Å². The third kappa shape index (κ3) is 3.15. The Hall–Kier alpha value is -1.83. The number of amides is 2. The highest BCUT2D eigenvalue weighted by Gasteiger charge is 2.44. The number of hydrogen-bond acceptors (Lipinski definition) is 4. The molecule has 0 radical (unpaired) electrons. The van der Waals surface area contributed by atoms with E-state index in [0.717, 1.165) is 11.4 Å². The van der Waals surface area contributed by atoms with Gasteiger partial charge in [-0.25, -0.2) is 9.78 Å². The second-order valence-corrected chi connectivity index (χ2v) is 9.09. The molecule has 2 aliphatic rings. The van der Waals surface area contributed by atoms with Crippen LogP contribution < -0.4 is 10.2 Å². The summed E-state index contributed by atoms with van der Waals surface area (Å²) in [5.74, 6) is 0.739. The molecule has 1 saturated heterocycles. The topological polar surface area (TPSA) is 85.8 Å². The smallest absolute Gasteiger partial charge is 0.408 e. The van der Waals surface area contributed by atoms with Crippen LogP contribution in [0.25, 0.3) is 0 Å². The third-order valence-electron chi connectivity index (χ3n) is 5.31. The molecule has 26 heavy (non-hydrogen) atoms. The molecular weight excluding hydrogens is 400 g/mol. The van der Waals surface area contributed by atoms with Crippen LogP contribution in [-0.4, -0.2) is 51.2 Å². The minimum Gasteiger partial charge on any atom is -0.465 e. The van der Waals surface area contributed by atoms with Gasteiger partial charge >= 0.3 is 6.09 Å². The number of nitrogens with zero attached hydrogens (tertiary/aromatic N) is 3. The number of hydrogen-bond donors (Lipinski definition) is 2. The maximum atomic E-state index is 12.0. The maximum Gasteiger partial charge on any atom is 0.408 e. The minimum atomic E-state index is -0.883. The van der Waals surface area contributed by atoms with Gasteiger partial charge in [0.05, 0.1) is 5.56 Å². The van der Waals surface area contributed by atoms with Gasteiger partial charge in [-0.2, -0.15) is 0 Å². The number of fused-ring (bicyclic) bond motifs is 1. The van der Waals surface area contributed by atoms with E-state index in [1.165, 1.54) is 0 Å². The van der Waals surface area contributed by atoms with Gasteiger partial charge in [-0.3, -0.25) is 9.69 Å². The second kappa shape index (κ2) is 6.40. The van der Waals surface area contributed by atoms with E-state index in [1.807, 2.05) is 27.7 Å². The molecule has 0 bridgehead atoms. The molecule has 2 amide bonds. The number of rotatable bonds is 2. The highest BCUT2D eigenvalue weighted by molar-refractivity contribution is 9.10. The summed E-state index contributed by atoms with van der Waals surface area (Å²) in [6, 6.07) is 0. The minimum absolute atomic E-state index is 0.0813. The van der Waals surface area contributed by atoms with E-state index in [2.05, 4.69) is 31.1 Å². The van der Waals surface area contributed by atoms with E-state index >= 15 is 0 Å². The summed E-state index contributed by atoms with van der Waals surface area (Å²) in [6.07, 6.45) is 2.21. The Kier molecular flexibility index (Phi) is 4.67. The third-order valence-corrected chi connectivity index (χ3v) is 5.91. The molecule has 0 aromatic carbocycles. The zero-order chi connectivity index (χ0) is 19.3. The van der Waals surface area contributed by atoms with Crippen LogP contribution in [0.4, 0.5) is 10.6 Å². The Bertz CT molecular complexity index is 752. The molecule has 1 aromatic rings. The molecule has 2 N–H and O–H groups in total. The molecular formula is C18H25BrN4O3. The largest absolute Gasteiger partial charge is 0.465 e. The first-order valence-electron chi connectivity index (χ1n) is 8.78. The molecule has 7 nitrogen and oxygen atoms in total. The molecule has 142 valence electrons. The standard InChI is InChI=1S/C18H25BrN4O3/c1-17(2,3)23(16(25)26)18(4)5-7-22(8-6-18)14-11-9-21-15(24)13(11)12(19)10-20-14/h10H,5-9H2,1-4H3,(H,21,24)(H,25,26). The Morgan fingerprint density at radius 3 is 2.54 bits per heavy atom. The predicted molar refractivity (Wildman–Crippen MR) is 103 cm³/mol. The number of carboxylic acid groups (broad SMARTS) is 1. The van der Waals surface area contributed by atoms with Crippen LogP contribution in [-0.2, 0) is 6.54 Å². The summed E-state index contributed by atoms with van der Waals surface area (Å²) in [6.45, 7) is 9.69. The van der Waals surface area contributed by atoms with Crippen LogP contribution in [0, 0.1) is 0 Å². The Morgan fingerprint density at radius 1 is 1.38 bits per heavy atom. The Labute approximate surface area is 161 Å². The maximum absolute atomic E-state index is 12.0. The summed E-state index contributed by atoms with van der Waals surface area (Å²) in [7, 11) is 0. The van der Waals surface area contributed by atoms with E-state index in [-0.39, 0.29) is 5.91 Å². The van der Waals surface area contributed by atoms with E-state index < -0.39 is 17.2 Å². The number of nitrogens with one attached hydrogen (secondary N) is 1. The van der Waals surface area contributed by atoms with Gasteiger partial charge in [0.1, 0.15) is 5.82 Å². The van der Waals surface area contributed by atoms with Gasteiger partial charge in [-0.15, -0.1) is 0 Å². The van der Waals surface area contributed by atoms with Gasteiger partial charge in [0.25, 0.3) is 5.91 Å². The van der Waals surface area contributed by atoms with Gasteiger partial charge in [0, 0.05) is 46.9 Å². The number of aromatic nitrogens is 1. The summed E-state index contributed by atoms with van der Waals surface area (Å²) in [4.78, 5) is 32.2. The van der Waals surface area contributed by atoms with Crippen molar-refractivity contribution >= 4 is 33.7 Å². The quantitative estimate of drug-likeness (QED) is 0.760. The number of halogens is 1. The lowest BCUT2D eigenvalue weighted by molar-refractivity contribution is 0.0117. The fourth-order valence-corrected chi connectivity index (χ4v) is 4.73. The summed E-state index contributed by atoms with van der Waals surface area (Å²) in [5.41, 5.74) is 0.688. The van der Waals surface area contributed by atoms with Gasteiger partial charge in [0.2, 0.25) is 0 Å². The molecule has 0 spiro atoms. The van der Waals surface area contributed by atoms with Crippen molar-refractivity contribution in [3.05, 3.63) is 21.8 Å². The van der Waals surface area contributed by atoms with Gasteiger partial charge < -0.3 is 15.3 Å². The molecule has 2 aliphatic heterocycles. The lowest BCUT2D eigenvalue weighted by Gasteiger charge is -2.51. The highest BCUT2D eigenvalue weighted by Crippen LogP contribution is 2.37. The monoisotopic (exact) mass is 424 g/mol. The molecule has 0 unspecified atom stereocenters. The molecule has 1 fully saturated rings. The van der Waals surface area contributed by atoms with Crippen molar-refractivity contribution in [3.8, 4) is 0 Å². The number of piperidine rings is 1. The van der Waals surface area contributed by atoms with Crippen LogP contribution in [0.1, 0.15) is 56.5 Å². The summed E-state index contributed by atoms with van der Waals surface area (Å²) >= 11 is 3.41.